The molecule has 6 heteroatoms. The van der Waals surface area contributed by atoms with Crippen LogP contribution in [0, 0.1) is 5.82 Å². The highest BCUT2D eigenvalue weighted by Crippen LogP contribution is 2.31. The second-order valence-corrected chi connectivity index (χ2v) is 5.42. The molecule has 2 aromatic rings. The number of methoxy groups -OCH3 is 1. The zero-order valence-corrected chi connectivity index (χ0v) is 12.0. The van der Waals surface area contributed by atoms with E-state index in [0.717, 1.165) is 0 Å². The monoisotopic (exact) mass is 279 g/mol. The van der Waals surface area contributed by atoms with Crippen LogP contribution in [0.3, 0.4) is 0 Å². The van der Waals surface area contributed by atoms with Gasteiger partial charge in [-0.15, -0.1) is 10.2 Å². The Bertz CT molecular complexity index is 590. The van der Waals surface area contributed by atoms with Crippen LogP contribution in [0.25, 0.3) is 11.5 Å². The summed E-state index contributed by atoms with van der Waals surface area (Å²) in [5.41, 5.74) is 0.120. The Hall–Kier alpha value is -1.95. The first kappa shape index (κ1) is 14.5. The molecular formula is C14H18FN3O2. The number of nitrogens with one attached hydrogen (secondary N) is 1. The van der Waals surface area contributed by atoms with Gasteiger partial charge < -0.3 is 14.5 Å². The summed E-state index contributed by atoms with van der Waals surface area (Å²) in [5.74, 6) is 0.429. The van der Waals surface area contributed by atoms with Crippen LogP contribution in [-0.4, -0.2) is 22.8 Å². The average Bonchev–Trinajstić information content (AvgIpc) is 2.83. The molecule has 0 unspecified atom stereocenters. The van der Waals surface area contributed by atoms with E-state index in [4.69, 9.17) is 9.15 Å². The molecule has 1 aromatic heterocycles. The molecular weight excluding hydrogens is 261 g/mol. The number of hydrogen-bond acceptors (Lipinski definition) is 5. The van der Waals surface area contributed by atoms with Crippen molar-refractivity contribution in [2.45, 2.75) is 32.9 Å². The van der Waals surface area contributed by atoms with E-state index in [9.17, 15) is 4.39 Å². The van der Waals surface area contributed by atoms with Crippen LogP contribution in [0.5, 0.6) is 5.75 Å². The fraction of sp³-hybridized carbons (Fsp3) is 0.429. The molecule has 1 heterocycles. The number of hydrogen-bond donors (Lipinski definition) is 1. The summed E-state index contributed by atoms with van der Waals surface area (Å²) in [6, 6.07) is 4.54. The number of rotatable bonds is 4. The predicted molar refractivity (Wildman–Crippen MR) is 72.8 cm³/mol. The zero-order valence-electron chi connectivity index (χ0n) is 12.0. The van der Waals surface area contributed by atoms with Gasteiger partial charge in [0.2, 0.25) is 5.89 Å². The van der Waals surface area contributed by atoms with Gasteiger partial charge in [-0.2, -0.15) is 0 Å². The Morgan fingerprint density at radius 1 is 1.30 bits per heavy atom. The Morgan fingerprint density at radius 3 is 2.70 bits per heavy atom. The highest BCUT2D eigenvalue weighted by Gasteiger charge is 2.19. The van der Waals surface area contributed by atoms with Gasteiger partial charge in [0, 0.05) is 5.54 Å². The Balaban J connectivity index is 2.25. The molecule has 0 aliphatic carbocycles. The third-order valence-corrected chi connectivity index (χ3v) is 2.65. The first-order valence-corrected chi connectivity index (χ1v) is 6.31. The highest BCUT2D eigenvalue weighted by molar-refractivity contribution is 5.63. The molecule has 0 aliphatic rings. The van der Waals surface area contributed by atoms with Crippen LogP contribution >= 0.6 is 0 Å². The van der Waals surface area contributed by atoms with Gasteiger partial charge in [-0.25, -0.2) is 4.39 Å². The molecule has 1 N–H and O–H groups in total. The van der Waals surface area contributed by atoms with Crippen molar-refractivity contribution in [3.63, 3.8) is 0 Å². The van der Waals surface area contributed by atoms with Crippen molar-refractivity contribution >= 4 is 0 Å². The highest BCUT2D eigenvalue weighted by atomic mass is 19.1. The molecule has 0 radical (unpaired) electrons. The van der Waals surface area contributed by atoms with Crippen molar-refractivity contribution in [1.29, 1.82) is 0 Å². The number of nitrogens with zero attached hydrogens (tertiary/aromatic N) is 2. The zero-order chi connectivity index (χ0) is 14.8. The third kappa shape index (κ3) is 3.33. The van der Waals surface area contributed by atoms with Crippen molar-refractivity contribution in [2.24, 2.45) is 0 Å². The fourth-order valence-electron chi connectivity index (χ4n) is 1.65. The molecule has 0 atom stereocenters. The number of benzene rings is 1. The third-order valence-electron chi connectivity index (χ3n) is 2.65. The molecule has 0 saturated carbocycles. The number of ether oxygens (including phenoxy) is 1. The van der Waals surface area contributed by atoms with E-state index < -0.39 is 5.82 Å². The van der Waals surface area contributed by atoms with Gasteiger partial charge in [-0.3, -0.25) is 0 Å². The first-order valence-electron chi connectivity index (χ1n) is 6.31. The van der Waals surface area contributed by atoms with Crippen molar-refractivity contribution in [3.05, 3.63) is 29.9 Å². The molecule has 108 valence electrons. The number of halogens is 1. The number of aromatic nitrogens is 2. The predicted octanol–water partition coefficient (Wildman–Crippen LogP) is 2.77. The smallest absolute Gasteiger partial charge is 0.254 e. The van der Waals surface area contributed by atoms with E-state index >= 15 is 0 Å². The minimum absolute atomic E-state index is 0.0652. The fourth-order valence-corrected chi connectivity index (χ4v) is 1.65. The summed E-state index contributed by atoms with van der Waals surface area (Å²) in [4.78, 5) is 0. The Labute approximate surface area is 117 Å². The second kappa shape index (κ2) is 5.58. The maximum absolute atomic E-state index is 13.9. The maximum atomic E-state index is 13.9. The average molecular weight is 279 g/mol. The lowest BCUT2D eigenvalue weighted by molar-refractivity contribution is 0.381. The summed E-state index contributed by atoms with van der Waals surface area (Å²) in [6.07, 6.45) is 0. The normalized spacial score (nSPS) is 11.7. The van der Waals surface area contributed by atoms with E-state index in [0.29, 0.717) is 18.2 Å². The summed E-state index contributed by atoms with van der Waals surface area (Å²) in [5, 5.41) is 11.0. The first-order chi connectivity index (χ1) is 9.40. The molecule has 20 heavy (non-hydrogen) atoms. The molecule has 1 aromatic carbocycles. The van der Waals surface area contributed by atoms with E-state index in [1.54, 1.807) is 12.1 Å². The SMILES string of the molecule is COc1cccc(F)c1-c1nnc(CNC(C)(C)C)o1. The molecule has 0 aliphatic heterocycles. The molecule has 5 nitrogen and oxygen atoms in total. The van der Waals surface area contributed by atoms with Crippen LogP contribution < -0.4 is 10.1 Å². The largest absolute Gasteiger partial charge is 0.496 e. The van der Waals surface area contributed by atoms with Crippen molar-refractivity contribution in [2.75, 3.05) is 7.11 Å². The lowest BCUT2D eigenvalue weighted by Crippen LogP contribution is -2.35. The summed E-state index contributed by atoms with van der Waals surface area (Å²) in [7, 11) is 1.47. The van der Waals surface area contributed by atoms with Crippen LogP contribution in [0.2, 0.25) is 0 Å². The van der Waals surface area contributed by atoms with Crippen LogP contribution in [0.4, 0.5) is 4.39 Å². The summed E-state index contributed by atoms with van der Waals surface area (Å²) < 4.78 is 24.5. The van der Waals surface area contributed by atoms with Gasteiger partial charge >= 0.3 is 0 Å². The van der Waals surface area contributed by atoms with Crippen molar-refractivity contribution in [3.8, 4) is 17.2 Å². The second-order valence-electron chi connectivity index (χ2n) is 5.42. The summed E-state index contributed by atoms with van der Waals surface area (Å²) >= 11 is 0. The van der Waals surface area contributed by atoms with E-state index in [2.05, 4.69) is 15.5 Å². The van der Waals surface area contributed by atoms with Crippen molar-refractivity contribution < 1.29 is 13.5 Å². The van der Waals surface area contributed by atoms with E-state index in [1.165, 1.54) is 13.2 Å². The molecule has 0 amide bonds. The quantitative estimate of drug-likeness (QED) is 0.932. The minimum Gasteiger partial charge on any atom is -0.496 e. The van der Waals surface area contributed by atoms with Crippen LogP contribution in [0.1, 0.15) is 26.7 Å². The van der Waals surface area contributed by atoms with Gasteiger partial charge in [0.1, 0.15) is 17.1 Å². The van der Waals surface area contributed by atoms with Gasteiger partial charge in [-0.05, 0) is 32.9 Å². The Kier molecular flexibility index (Phi) is 4.04. The lowest BCUT2D eigenvalue weighted by Gasteiger charge is -2.18. The standard InChI is InChI=1S/C14H18FN3O2/c1-14(2,3)16-8-11-17-18-13(20-11)12-9(15)6-5-7-10(12)19-4/h5-7,16H,8H2,1-4H3. The van der Waals surface area contributed by atoms with E-state index in [-0.39, 0.29) is 17.0 Å². The molecule has 0 saturated heterocycles. The molecule has 2 rings (SSSR count). The van der Waals surface area contributed by atoms with Gasteiger partial charge in [0.25, 0.3) is 5.89 Å². The van der Waals surface area contributed by atoms with Crippen molar-refractivity contribution in [1.82, 2.24) is 15.5 Å². The molecule has 0 spiro atoms. The summed E-state index contributed by atoms with van der Waals surface area (Å²) in [6.45, 7) is 6.52. The van der Waals surface area contributed by atoms with Gasteiger partial charge in [0.15, 0.2) is 0 Å². The topological polar surface area (TPSA) is 60.2 Å². The lowest BCUT2D eigenvalue weighted by atomic mass is 10.1. The molecule has 0 bridgehead atoms. The maximum Gasteiger partial charge on any atom is 0.254 e. The van der Waals surface area contributed by atoms with Crippen LogP contribution in [-0.2, 0) is 6.54 Å². The van der Waals surface area contributed by atoms with Gasteiger partial charge in [-0.1, -0.05) is 6.07 Å². The minimum atomic E-state index is -0.455. The van der Waals surface area contributed by atoms with Crippen LogP contribution in [0.15, 0.2) is 22.6 Å². The van der Waals surface area contributed by atoms with E-state index in [1.807, 2.05) is 20.8 Å². The van der Waals surface area contributed by atoms with Gasteiger partial charge in [0.05, 0.1) is 13.7 Å². The Morgan fingerprint density at radius 2 is 2.05 bits per heavy atom. The molecule has 0 fully saturated rings.